The first-order chi connectivity index (χ1) is 5.43. The Hall–Kier alpha value is -0.370. The molecule has 0 aliphatic rings. The van der Waals surface area contributed by atoms with E-state index in [9.17, 15) is 9.59 Å². The number of primary amides is 2. The Morgan fingerprint density at radius 2 is 2.00 bits per heavy atom. The topological polar surface area (TPSA) is 95.4 Å². The summed E-state index contributed by atoms with van der Waals surface area (Å²) >= 11 is 1.96. The number of alkyl halides is 1. The monoisotopic (exact) mass is 286 g/mol. The molecule has 0 spiro atoms. The van der Waals surface area contributed by atoms with Crippen molar-refractivity contribution in [1.82, 2.24) is 0 Å². The van der Waals surface area contributed by atoms with Gasteiger partial charge in [0.1, 0.15) is 10.2 Å². The summed E-state index contributed by atoms with van der Waals surface area (Å²) in [7, 11) is 0. The van der Waals surface area contributed by atoms with Crippen molar-refractivity contribution >= 4 is 34.4 Å². The molecule has 4 N–H and O–H groups in total. The number of nitrogens with two attached hydrogens (primary N) is 2. The number of ether oxygens (including phenoxy) is 1. The quantitative estimate of drug-likeness (QED) is 0.527. The summed E-state index contributed by atoms with van der Waals surface area (Å²) in [6.07, 6.45) is -1.07. The maximum atomic E-state index is 10.7. The van der Waals surface area contributed by atoms with E-state index in [1.54, 1.807) is 6.92 Å². The van der Waals surface area contributed by atoms with E-state index in [0.29, 0.717) is 0 Å². The van der Waals surface area contributed by atoms with Gasteiger partial charge in [-0.15, -0.1) is 0 Å². The summed E-state index contributed by atoms with van der Waals surface area (Å²) < 4.78 is 4.85. The number of halogens is 1. The zero-order valence-electron chi connectivity index (χ0n) is 6.62. The third-order valence-corrected chi connectivity index (χ3v) is 1.35. The van der Waals surface area contributed by atoms with Crippen molar-refractivity contribution in [2.45, 2.75) is 23.6 Å². The summed E-state index contributed by atoms with van der Waals surface area (Å²) in [6.45, 7) is 1.73. The third kappa shape index (κ3) is 5.30. The minimum atomic E-state index is -0.908. The molecule has 0 aromatic carbocycles. The number of hydrogen-bond donors (Lipinski definition) is 2. The van der Waals surface area contributed by atoms with Gasteiger partial charge in [-0.2, -0.15) is 0 Å². The van der Waals surface area contributed by atoms with Crippen molar-refractivity contribution in [3.05, 3.63) is 0 Å². The third-order valence-electron chi connectivity index (χ3n) is 1.06. The van der Waals surface area contributed by atoms with Crippen LogP contribution in [-0.4, -0.2) is 22.0 Å². The summed E-state index contributed by atoms with van der Waals surface area (Å²) in [6, 6.07) is 0. The lowest BCUT2D eigenvalue weighted by molar-refractivity contribution is -0.134. The zero-order chi connectivity index (χ0) is 9.72. The highest BCUT2D eigenvalue weighted by molar-refractivity contribution is 14.1. The van der Waals surface area contributed by atoms with Gasteiger partial charge in [-0.25, -0.2) is 0 Å². The van der Waals surface area contributed by atoms with Gasteiger partial charge in [-0.3, -0.25) is 9.59 Å². The number of rotatable bonds is 5. The number of amides is 2. The fourth-order valence-electron chi connectivity index (χ4n) is 0.625. The second kappa shape index (κ2) is 5.31. The normalized spacial score (nSPS) is 15.2. The number of hydrogen-bond acceptors (Lipinski definition) is 3. The molecule has 0 aliphatic carbocycles. The molecule has 0 saturated carbocycles. The Bertz CT molecular complexity index is 184. The van der Waals surface area contributed by atoms with Crippen LogP contribution >= 0.6 is 22.6 Å². The van der Waals surface area contributed by atoms with E-state index in [-0.39, 0.29) is 10.5 Å². The van der Waals surface area contributed by atoms with Crippen LogP contribution in [0.4, 0.5) is 0 Å². The highest BCUT2D eigenvalue weighted by Crippen LogP contribution is 2.07. The highest BCUT2D eigenvalue weighted by Gasteiger charge is 2.20. The molecule has 70 valence electrons. The lowest BCUT2D eigenvalue weighted by Gasteiger charge is -2.14. The van der Waals surface area contributed by atoms with Crippen LogP contribution in [0.3, 0.4) is 0 Å². The summed E-state index contributed by atoms with van der Waals surface area (Å²) in [5, 5.41) is 0. The predicted molar refractivity (Wildman–Crippen MR) is 51.4 cm³/mol. The molecule has 0 saturated heterocycles. The Morgan fingerprint density at radius 1 is 1.50 bits per heavy atom. The van der Waals surface area contributed by atoms with E-state index >= 15 is 0 Å². The number of carbonyl (C=O) groups excluding carboxylic acids is 2. The first kappa shape index (κ1) is 11.6. The molecule has 2 amide bonds. The van der Waals surface area contributed by atoms with Gasteiger partial charge in [0.15, 0.2) is 0 Å². The molecule has 5 nitrogen and oxygen atoms in total. The minimum Gasteiger partial charge on any atom is -0.370 e. The van der Waals surface area contributed by atoms with Gasteiger partial charge in [-0.1, -0.05) is 22.6 Å². The summed E-state index contributed by atoms with van der Waals surface area (Å²) in [4.78, 5) is 21.1. The van der Waals surface area contributed by atoms with Gasteiger partial charge in [0.05, 0.1) is 6.42 Å². The first-order valence-electron chi connectivity index (χ1n) is 3.30. The predicted octanol–water partition coefficient (Wildman–Crippen LogP) is -0.487. The van der Waals surface area contributed by atoms with Crippen LogP contribution in [0.1, 0.15) is 13.3 Å². The Balaban J connectivity index is 4.04. The van der Waals surface area contributed by atoms with Gasteiger partial charge in [0.2, 0.25) is 11.8 Å². The Morgan fingerprint density at radius 3 is 2.25 bits per heavy atom. The average molecular weight is 286 g/mol. The molecule has 0 fully saturated rings. The molecule has 0 aliphatic heterocycles. The lowest BCUT2D eigenvalue weighted by atomic mass is 10.2. The second-order valence-electron chi connectivity index (χ2n) is 2.24. The molecule has 0 bridgehead atoms. The van der Waals surface area contributed by atoms with E-state index in [0.717, 1.165) is 0 Å². The van der Waals surface area contributed by atoms with E-state index in [1.165, 1.54) is 0 Å². The van der Waals surface area contributed by atoms with Crippen LogP contribution in [0.15, 0.2) is 0 Å². The SMILES string of the molecule is CC(I)OC(CC(N)=O)C(N)=O. The number of carbonyl (C=O) groups is 2. The fraction of sp³-hybridized carbons (Fsp3) is 0.667. The van der Waals surface area contributed by atoms with Crippen molar-refractivity contribution < 1.29 is 14.3 Å². The van der Waals surface area contributed by atoms with Crippen molar-refractivity contribution in [2.24, 2.45) is 11.5 Å². The van der Waals surface area contributed by atoms with Crippen molar-refractivity contribution in [3.8, 4) is 0 Å². The van der Waals surface area contributed by atoms with Gasteiger partial charge >= 0.3 is 0 Å². The molecule has 6 heteroatoms. The first-order valence-corrected chi connectivity index (χ1v) is 4.55. The second-order valence-corrected chi connectivity index (χ2v) is 3.99. The van der Waals surface area contributed by atoms with Crippen molar-refractivity contribution in [2.75, 3.05) is 0 Å². The molecule has 0 heterocycles. The van der Waals surface area contributed by atoms with Crippen LogP contribution in [0.2, 0.25) is 0 Å². The average Bonchev–Trinajstić information content (AvgIpc) is 1.83. The summed E-state index contributed by atoms with van der Waals surface area (Å²) in [5.41, 5.74) is 9.84. The van der Waals surface area contributed by atoms with Gasteiger partial charge in [0.25, 0.3) is 0 Å². The Kier molecular flexibility index (Phi) is 5.14. The van der Waals surface area contributed by atoms with Crippen LogP contribution in [0.5, 0.6) is 0 Å². The molecule has 0 rings (SSSR count). The van der Waals surface area contributed by atoms with Crippen LogP contribution in [-0.2, 0) is 14.3 Å². The lowest BCUT2D eigenvalue weighted by Crippen LogP contribution is -2.36. The smallest absolute Gasteiger partial charge is 0.247 e. The van der Waals surface area contributed by atoms with Crippen LogP contribution in [0.25, 0.3) is 0 Å². The molecule has 12 heavy (non-hydrogen) atoms. The van der Waals surface area contributed by atoms with Gasteiger partial charge < -0.3 is 16.2 Å². The van der Waals surface area contributed by atoms with Gasteiger partial charge in [0, 0.05) is 0 Å². The van der Waals surface area contributed by atoms with E-state index in [2.05, 4.69) is 0 Å². The van der Waals surface area contributed by atoms with Gasteiger partial charge in [-0.05, 0) is 6.92 Å². The van der Waals surface area contributed by atoms with E-state index in [1.807, 2.05) is 22.6 Å². The molecule has 0 aromatic heterocycles. The Labute approximate surface area is 83.9 Å². The highest BCUT2D eigenvalue weighted by atomic mass is 127. The summed E-state index contributed by atoms with van der Waals surface area (Å²) in [5.74, 6) is -1.27. The molecule has 0 radical (unpaired) electrons. The van der Waals surface area contributed by atoms with E-state index in [4.69, 9.17) is 16.2 Å². The molecule has 2 atom stereocenters. The minimum absolute atomic E-state index is 0.164. The maximum absolute atomic E-state index is 10.7. The molecular formula is C6H11IN2O3. The van der Waals surface area contributed by atoms with Crippen LogP contribution in [0, 0.1) is 0 Å². The van der Waals surface area contributed by atoms with Crippen LogP contribution < -0.4 is 11.5 Å². The largest absolute Gasteiger partial charge is 0.370 e. The standard InChI is InChI=1S/C6H11IN2O3/c1-3(7)12-4(6(9)11)2-5(8)10/h3-4H,2H2,1H3,(H2,8,10)(H2,9,11). The maximum Gasteiger partial charge on any atom is 0.247 e. The zero-order valence-corrected chi connectivity index (χ0v) is 8.78. The molecule has 2 unspecified atom stereocenters. The fourth-order valence-corrected chi connectivity index (χ4v) is 0.979. The van der Waals surface area contributed by atoms with E-state index < -0.39 is 17.9 Å². The molecule has 0 aromatic rings. The van der Waals surface area contributed by atoms with Crippen molar-refractivity contribution in [3.63, 3.8) is 0 Å². The molecular weight excluding hydrogens is 275 g/mol. The van der Waals surface area contributed by atoms with Crippen molar-refractivity contribution in [1.29, 1.82) is 0 Å².